The largest absolute Gasteiger partial charge is 0.338 e. The zero-order valence-corrected chi connectivity index (χ0v) is 11.6. The van der Waals surface area contributed by atoms with Crippen molar-refractivity contribution in [2.75, 3.05) is 10.7 Å². The number of hydrazine groups is 1. The monoisotopic (exact) mass is 320 g/mol. The molecule has 0 radical (unpaired) electrons. The summed E-state index contributed by atoms with van der Waals surface area (Å²) in [5.74, 6) is 5.39. The number of nitrogens with two attached hydrogens (primary N) is 1. The van der Waals surface area contributed by atoms with E-state index >= 15 is 0 Å². The van der Waals surface area contributed by atoms with Crippen molar-refractivity contribution in [3.05, 3.63) is 45.2 Å². The van der Waals surface area contributed by atoms with Gasteiger partial charge in [-0.1, -0.05) is 34.8 Å². The number of hydrogen-bond acceptors (Lipinski definition) is 4. The molecule has 0 unspecified atom stereocenters. The Hall–Kier alpha value is -1.27. The van der Waals surface area contributed by atoms with Crippen LogP contribution >= 0.6 is 34.8 Å². The molecule has 100 valence electrons. The van der Waals surface area contributed by atoms with E-state index < -0.39 is 5.82 Å². The van der Waals surface area contributed by atoms with E-state index in [-0.39, 0.29) is 20.9 Å². The average Bonchev–Trinajstić information content (AvgIpc) is 2.35. The Balaban J connectivity index is 2.37. The van der Waals surface area contributed by atoms with Crippen molar-refractivity contribution >= 4 is 52.1 Å². The third kappa shape index (κ3) is 3.19. The van der Waals surface area contributed by atoms with Crippen LogP contribution in [-0.2, 0) is 0 Å². The molecule has 0 bridgehead atoms. The zero-order valence-electron chi connectivity index (χ0n) is 9.35. The van der Waals surface area contributed by atoms with Crippen LogP contribution in [0.5, 0.6) is 0 Å². The van der Waals surface area contributed by atoms with Crippen LogP contribution in [0.2, 0.25) is 15.1 Å². The first-order valence-corrected chi connectivity index (χ1v) is 6.19. The number of hydrogen-bond donors (Lipinski definition) is 3. The quantitative estimate of drug-likeness (QED) is 0.585. The molecule has 1 aromatic carbocycles. The van der Waals surface area contributed by atoms with E-state index in [4.69, 9.17) is 40.6 Å². The first-order valence-electron chi connectivity index (χ1n) is 5.06. The molecule has 0 atom stereocenters. The molecule has 4 N–H and O–H groups in total. The summed E-state index contributed by atoms with van der Waals surface area (Å²) in [6, 6.07) is 5.39. The van der Waals surface area contributed by atoms with Gasteiger partial charge in [0.1, 0.15) is 5.82 Å². The van der Waals surface area contributed by atoms with Crippen molar-refractivity contribution in [2.24, 2.45) is 5.84 Å². The Bertz CT molecular complexity index is 621. The smallest absolute Gasteiger partial charge is 0.161 e. The van der Waals surface area contributed by atoms with Gasteiger partial charge in [-0.2, -0.15) is 0 Å². The molecular formula is C11H8Cl3FN4. The summed E-state index contributed by atoms with van der Waals surface area (Å²) in [7, 11) is 0. The van der Waals surface area contributed by atoms with E-state index in [1.54, 1.807) is 0 Å². The second-order valence-electron chi connectivity index (χ2n) is 3.54. The SMILES string of the molecule is NNc1nc(Nc2ccc(F)cc2Cl)c(Cl)cc1Cl. The standard InChI is InChI=1S/C11H8Cl3FN4/c12-6-3-5(15)1-2-9(6)17-10-7(13)4-8(14)11(18-10)19-16/h1-4H,16H2,(H2,17,18,19). The first kappa shape index (κ1) is 14.1. The predicted molar refractivity (Wildman–Crippen MR) is 76.8 cm³/mol. The maximum absolute atomic E-state index is 12.9. The van der Waals surface area contributed by atoms with Crippen molar-refractivity contribution in [1.29, 1.82) is 0 Å². The molecule has 0 fully saturated rings. The molecule has 19 heavy (non-hydrogen) atoms. The van der Waals surface area contributed by atoms with Crippen LogP contribution in [0.15, 0.2) is 24.3 Å². The van der Waals surface area contributed by atoms with Crippen LogP contribution < -0.4 is 16.6 Å². The van der Waals surface area contributed by atoms with Crippen LogP contribution in [0.3, 0.4) is 0 Å². The van der Waals surface area contributed by atoms with E-state index in [0.29, 0.717) is 11.5 Å². The lowest BCUT2D eigenvalue weighted by Crippen LogP contribution is -2.10. The molecule has 2 aromatic rings. The molecule has 1 aromatic heterocycles. The second-order valence-corrected chi connectivity index (χ2v) is 4.76. The highest BCUT2D eigenvalue weighted by Gasteiger charge is 2.10. The number of anilines is 3. The molecule has 2 rings (SSSR count). The molecule has 0 aliphatic rings. The lowest BCUT2D eigenvalue weighted by Gasteiger charge is -2.11. The molecule has 8 heteroatoms. The van der Waals surface area contributed by atoms with Crippen molar-refractivity contribution in [3.63, 3.8) is 0 Å². The molecule has 4 nitrogen and oxygen atoms in total. The normalized spacial score (nSPS) is 10.4. The van der Waals surface area contributed by atoms with E-state index in [9.17, 15) is 4.39 Å². The molecule has 0 spiro atoms. The van der Waals surface area contributed by atoms with Gasteiger partial charge >= 0.3 is 0 Å². The number of nitrogens with one attached hydrogen (secondary N) is 2. The number of pyridine rings is 1. The van der Waals surface area contributed by atoms with Gasteiger partial charge in [0, 0.05) is 0 Å². The predicted octanol–water partition coefficient (Wildman–Crippen LogP) is 4.21. The van der Waals surface area contributed by atoms with Crippen LogP contribution in [0, 0.1) is 5.82 Å². The Morgan fingerprint density at radius 3 is 2.32 bits per heavy atom. The minimum Gasteiger partial charge on any atom is -0.338 e. The molecule has 0 amide bonds. The topological polar surface area (TPSA) is 63.0 Å². The Morgan fingerprint density at radius 1 is 1.00 bits per heavy atom. The van der Waals surface area contributed by atoms with Crippen LogP contribution in [0.25, 0.3) is 0 Å². The summed E-state index contributed by atoms with van der Waals surface area (Å²) in [6.45, 7) is 0. The lowest BCUT2D eigenvalue weighted by molar-refractivity contribution is 0.628. The van der Waals surface area contributed by atoms with Crippen molar-refractivity contribution in [2.45, 2.75) is 0 Å². The summed E-state index contributed by atoms with van der Waals surface area (Å²) >= 11 is 17.8. The molecule has 0 saturated heterocycles. The van der Waals surface area contributed by atoms with Crippen molar-refractivity contribution in [3.8, 4) is 0 Å². The highest BCUT2D eigenvalue weighted by molar-refractivity contribution is 6.37. The van der Waals surface area contributed by atoms with E-state index in [1.165, 1.54) is 24.3 Å². The summed E-state index contributed by atoms with van der Waals surface area (Å²) in [5.41, 5.74) is 2.80. The van der Waals surface area contributed by atoms with Crippen LogP contribution in [0.4, 0.5) is 21.7 Å². The number of nitrogen functional groups attached to an aromatic ring is 1. The summed E-state index contributed by atoms with van der Waals surface area (Å²) in [5, 5.41) is 3.64. The number of rotatable bonds is 3. The Morgan fingerprint density at radius 2 is 1.68 bits per heavy atom. The minimum absolute atomic E-state index is 0.204. The van der Waals surface area contributed by atoms with Gasteiger partial charge in [0.05, 0.1) is 20.8 Å². The highest BCUT2D eigenvalue weighted by atomic mass is 35.5. The maximum Gasteiger partial charge on any atom is 0.161 e. The van der Waals surface area contributed by atoms with E-state index in [2.05, 4.69) is 15.7 Å². The summed E-state index contributed by atoms with van der Waals surface area (Å²) < 4.78 is 12.9. The summed E-state index contributed by atoms with van der Waals surface area (Å²) in [6.07, 6.45) is 0. The van der Waals surface area contributed by atoms with E-state index in [0.717, 1.165) is 0 Å². The van der Waals surface area contributed by atoms with Gasteiger partial charge in [0.25, 0.3) is 0 Å². The highest BCUT2D eigenvalue weighted by Crippen LogP contribution is 2.32. The zero-order chi connectivity index (χ0) is 14.0. The number of benzene rings is 1. The number of nitrogens with zero attached hydrogens (tertiary/aromatic N) is 1. The van der Waals surface area contributed by atoms with Gasteiger partial charge < -0.3 is 10.7 Å². The molecular weight excluding hydrogens is 314 g/mol. The van der Waals surface area contributed by atoms with Crippen molar-refractivity contribution < 1.29 is 4.39 Å². The van der Waals surface area contributed by atoms with Crippen LogP contribution in [-0.4, -0.2) is 4.98 Å². The van der Waals surface area contributed by atoms with Crippen LogP contribution in [0.1, 0.15) is 0 Å². The van der Waals surface area contributed by atoms with Gasteiger partial charge in [0.2, 0.25) is 0 Å². The van der Waals surface area contributed by atoms with Gasteiger partial charge in [-0.15, -0.1) is 0 Å². The maximum atomic E-state index is 12.9. The molecule has 0 aliphatic carbocycles. The van der Waals surface area contributed by atoms with Gasteiger partial charge in [0.15, 0.2) is 11.6 Å². The van der Waals surface area contributed by atoms with E-state index in [1.807, 2.05) is 0 Å². The fourth-order valence-electron chi connectivity index (χ4n) is 1.37. The van der Waals surface area contributed by atoms with Gasteiger partial charge in [-0.3, -0.25) is 0 Å². The third-order valence-electron chi connectivity index (χ3n) is 2.25. The van der Waals surface area contributed by atoms with Gasteiger partial charge in [-0.05, 0) is 24.3 Å². The lowest BCUT2D eigenvalue weighted by atomic mass is 10.3. The molecule has 0 aliphatic heterocycles. The minimum atomic E-state index is -0.435. The molecule has 0 saturated carbocycles. The first-order chi connectivity index (χ1) is 9.01. The fourth-order valence-corrected chi connectivity index (χ4v) is 2.05. The Kier molecular flexibility index (Phi) is 4.31. The fraction of sp³-hybridized carbons (Fsp3) is 0. The average molecular weight is 322 g/mol. The van der Waals surface area contributed by atoms with Gasteiger partial charge in [-0.25, -0.2) is 15.2 Å². The number of aromatic nitrogens is 1. The Labute approximate surface area is 123 Å². The number of halogens is 4. The third-order valence-corrected chi connectivity index (χ3v) is 3.14. The molecule has 1 heterocycles. The van der Waals surface area contributed by atoms with Crippen molar-refractivity contribution in [1.82, 2.24) is 4.98 Å². The second kappa shape index (κ2) is 5.79. The summed E-state index contributed by atoms with van der Waals surface area (Å²) in [4.78, 5) is 4.09.